The minimum atomic E-state index is -0.181. The summed E-state index contributed by atoms with van der Waals surface area (Å²) in [5.41, 5.74) is 0. The maximum Gasteiger partial charge on any atom is 0.329 e. The monoisotopic (exact) mass is 209 g/mol. The van der Waals surface area contributed by atoms with Crippen molar-refractivity contribution in [3.63, 3.8) is 0 Å². The van der Waals surface area contributed by atoms with E-state index < -0.39 is 0 Å². The molecular formula is C12H19NO2. The largest absolute Gasteiger partial charge is 0.464 e. The van der Waals surface area contributed by atoms with E-state index in [-0.39, 0.29) is 12.0 Å². The molecule has 84 valence electrons. The minimum absolute atomic E-state index is 0.137. The molecule has 0 aliphatic rings. The summed E-state index contributed by atoms with van der Waals surface area (Å²) in [5.74, 6) is 0.337. The molecule has 1 unspecified atom stereocenters. The van der Waals surface area contributed by atoms with Crippen molar-refractivity contribution in [1.29, 1.82) is 0 Å². The van der Waals surface area contributed by atoms with E-state index in [1.807, 2.05) is 36.0 Å². The van der Waals surface area contributed by atoms with Gasteiger partial charge in [0.25, 0.3) is 0 Å². The smallest absolute Gasteiger partial charge is 0.329 e. The maximum atomic E-state index is 11.7. The van der Waals surface area contributed by atoms with Crippen molar-refractivity contribution in [2.75, 3.05) is 6.61 Å². The Morgan fingerprint density at radius 1 is 1.33 bits per heavy atom. The van der Waals surface area contributed by atoms with Gasteiger partial charge in [-0.25, -0.2) is 4.79 Å². The third kappa shape index (κ3) is 3.42. The van der Waals surface area contributed by atoms with Crippen molar-refractivity contribution < 1.29 is 9.53 Å². The Morgan fingerprint density at radius 3 is 2.40 bits per heavy atom. The van der Waals surface area contributed by atoms with Gasteiger partial charge in [-0.15, -0.1) is 0 Å². The van der Waals surface area contributed by atoms with Gasteiger partial charge in [-0.3, -0.25) is 0 Å². The number of aromatic nitrogens is 1. The summed E-state index contributed by atoms with van der Waals surface area (Å²) >= 11 is 0. The summed E-state index contributed by atoms with van der Waals surface area (Å²) in [6, 6.07) is 3.67. The normalized spacial score (nSPS) is 12.8. The van der Waals surface area contributed by atoms with Gasteiger partial charge >= 0.3 is 5.97 Å². The Labute approximate surface area is 91.0 Å². The molecule has 0 saturated carbocycles. The Hall–Kier alpha value is -1.25. The lowest BCUT2D eigenvalue weighted by Crippen LogP contribution is -2.22. The van der Waals surface area contributed by atoms with E-state index in [1.165, 1.54) is 0 Å². The van der Waals surface area contributed by atoms with Gasteiger partial charge in [-0.1, -0.05) is 13.8 Å². The second-order valence-electron chi connectivity index (χ2n) is 4.03. The first-order chi connectivity index (χ1) is 7.15. The van der Waals surface area contributed by atoms with Gasteiger partial charge in [0.05, 0.1) is 6.61 Å². The number of carbonyl (C=O) groups excluding carboxylic acids is 1. The van der Waals surface area contributed by atoms with Gasteiger partial charge < -0.3 is 9.30 Å². The molecule has 0 aliphatic carbocycles. The van der Waals surface area contributed by atoms with Gasteiger partial charge in [-0.05, 0) is 31.4 Å². The molecule has 0 saturated heterocycles. The lowest BCUT2D eigenvalue weighted by molar-refractivity contribution is -0.147. The van der Waals surface area contributed by atoms with Crippen LogP contribution in [0.3, 0.4) is 0 Å². The molecule has 0 amide bonds. The highest BCUT2D eigenvalue weighted by Crippen LogP contribution is 2.19. The summed E-state index contributed by atoms with van der Waals surface area (Å²) < 4.78 is 6.98. The van der Waals surface area contributed by atoms with E-state index in [9.17, 15) is 4.79 Å². The molecule has 0 bridgehead atoms. The minimum Gasteiger partial charge on any atom is -0.464 e. The van der Waals surface area contributed by atoms with E-state index in [0.29, 0.717) is 12.5 Å². The Kier molecular flexibility index (Phi) is 4.40. The van der Waals surface area contributed by atoms with E-state index >= 15 is 0 Å². The van der Waals surface area contributed by atoms with Crippen LogP contribution in [0.1, 0.15) is 33.2 Å². The number of esters is 1. The summed E-state index contributed by atoms with van der Waals surface area (Å²) in [6.07, 6.45) is 4.63. The van der Waals surface area contributed by atoms with Crippen molar-refractivity contribution >= 4 is 5.97 Å². The molecule has 0 aromatic carbocycles. The summed E-state index contributed by atoms with van der Waals surface area (Å²) in [6.45, 7) is 6.49. The fraction of sp³-hybridized carbons (Fsp3) is 0.583. The SMILES string of the molecule is CCOC(=O)C(CC(C)C)n1cccc1. The van der Waals surface area contributed by atoms with Crippen LogP contribution in [0, 0.1) is 5.92 Å². The van der Waals surface area contributed by atoms with Gasteiger partial charge in [0, 0.05) is 12.4 Å². The molecule has 3 nitrogen and oxygen atoms in total. The first-order valence-electron chi connectivity index (χ1n) is 5.44. The second kappa shape index (κ2) is 5.59. The van der Waals surface area contributed by atoms with E-state index in [1.54, 1.807) is 0 Å². The first kappa shape index (κ1) is 11.8. The van der Waals surface area contributed by atoms with E-state index in [2.05, 4.69) is 13.8 Å². The lowest BCUT2D eigenvalue weighted by atomic mass is 10.0. The molecule has 3 heteroatoms. The van der Waals surface area contributed by atoms with Crippen LogP contribution in [-0.4, -0.2) is 17.1 Å². The van der Waals surface area contributed by atoms with Crippen molar-refractivity contribution in [2.45, 2.75) is 33.2 Å². The van der Waals surface area contributed by atoms with Gasteiger partial charge in [0.15, 0.2) is 0 Å². The molecule has 0 spiro atoms. The Bertz CT molecular complexity index is 291. The maximum absolute atomic E-state index is 11.7. The van der Waals surface area contributed by atoms with Crippen molar-refractivity contribution in [2.24, 2.45) is 5.92 Å². The number of carbonyl (C=O) groups is 1. The molecule has 1 aromatic heterocycles. The third-order valence-corrected chi connectivity index (χ3v) is 2.24. The van der Waals surface area contributed by atoms with Crippen LogP contribution >= 0.6 is 0 Å². The zero-order valence-electron chi connectivity index (χ0n) is 9.64. The fourth-order valence-corrected chi connectivity index (χ4v) is 1.58. The predicted octanol–water partition coefficient (Wildman–Crippen LogP) is 2.64. The highest BCUT2D eigenvalue weighted by molar-refractivity contribution is 5.74. The van der Waals surface area contributed by atoms with E-state index in [4.69, 9.17) is 4.74 Å². The van der Waals surface area contributed by atoms with Gasteiger partial charge in [0.2, 0.25) is 0 Å². The molecule has 0 aliphatic heterocycles. The van der Waals surface area contributed by atoms with Crippen molar-refractivity contribution in [1.82, 2.24) is 4.57 Å². The molecule has 0 fully saturated rings. The third-order valence-electron chi connectivity index (χ3n) is 2.24. The van der Waals surface area contributed by atoms with Crippen LogP contribution in [0.4, 0.5) is 0 Å². The van der Waals surface area contributed by atoms with Crippen LogP contribution < -0.4 is 0 Å². The molecule has 1 rings (SSSR count). The van der Waals surface area contributed by atoms with Crippen LogP contribution in [0.25, 0.3) is 0 Å². The molecule has 1 heterocycles. The highest BCUT2D eigenvalue weighted by Gasteiger charge is 2.21. The van der Waals surface area contributed by atoms with Crippen molar-refractivity contribution in [3.8, 4) is 0 Å². The van der Waals surface area contributed by atoms with Crippen LogP contribution in [0.2, 0.25) is 0 Å². The number of hydrogen-bond acceptors (Lipinski definition) is 2. The number of rotatable bonds is 5. The molecule has 0 N–H and O–H groups in total. The molecule has 1 atom stereocenters. The highest BCUT2D eigenvalue weighted by atomic mass is 16.5. The van der Waals surface area contributed by atoms with Gasteiger partial charge in [-0.2, -0.15) is 0 Å². The van der Waals surface area contributed by atoms with Crippen LogP contribution in [0.5, 0.6) is 0 Å². The topological polar surface area (TPSA) is 31.2 Å². The zero-order valence-corrected chi connectivity index (χ0v) is 9.64. The molecule has 0 radical (unpaired) electrons. The Balaban J connectivity index is 2.74. The Morgan fingerprint density at radius 2 is 1.93 bits per heavy atom. The quantitative estimate of drug-likeness (QED) is 0.698. The molecule has 1 aromatic rings. The molecule has 15 heavy (non-hydrogen) atoms. The first-order valence-corrected chi connectivity index (χ1v) is 5.44. The summed E-state index contributed by atoms with van der Waals surface area (Å²) in [5, 5.41) is 0. The summed E-state index contributed by atoms with van der Waals surface area (Å²) in [4.78, 5) is 11.7. The van der Waals surface area contributed by atoms with E-state index in [0.717, 1.165) is 6.42 Å². The number of nitrogens with zero attached hydrogens (tertiary/aromatic N) is 1. The average molecular weight is 209 g/mol. The standard InChI is InChI=1S/C12H19NO2/c1-4-15-12(14)11(9-10(2)3)13-7-5-6-8-13/h5-8,10-11H,4,9H2,1-3H3. The predicted molar refractivity (Wildman–Crippen MR) is 59.6 cm³/mol. The van der Waals surface area contributed by atoms with Crippen LogP contribution in [0.15, 0.2) is 24.5 Å². The summed E-state index contributed by atoms with van der Waals surface area (Å²) in [7, 11) is 0. The second-order valence-corrected chi connectivity index (χ2v) is 4.03. The van der Waals surface area contributed by atoms with Crippen LogP contribution in [-0.2, 0) is 9.53 Å². The van der Waals surface area contributed by atoms with Gasteiger partial charge in [0.1, 0.15) is 6.04 Å². The molecular weight excluding hydrogens is 190 g/mol. The number of hydrogen-bond donors (Lipinski definition) is 0. The number of ether oxygens (including phenoxy) is 1. The lowest BCUT2D eigenvalue weighted by Gasteiger charge is -2.19. The fourth-order valence-electron chi connectivity index (χ4n) is 1.58. The average Bonchev–Trinajstić information content (AvgIpc) is 2.66. The van der Waals surface area contributed by atoms with Crippen molar-refractivity contribution in [3.05, 3.63) is 24.5 Å². The zero-order chi connectivity index (χ0) is 11.3.